The van der Waals surface area contributed by atoms with E-state index in [9.17, 15) is 0 Å². The first-order chi connectivity index (χ1) is 30.1. The molecule has 0 saturated carbocycles. The third-order valence-corrected chi connectivity index (χ3v) is 11.2. The van der Waals surface area contributed by atoms with Crippen molar-refractivity contribution in [3.05, 3.63) is 235 Å². The molecule has 4 heteroatoms. The first-order valence-corrected chi connectivity index (χ1v) is 20.6. The predicted octanol–water partition coefficient (Wildman–Crippen LogP) is 14.8. The van der Waals surface area contributed by atoms with E-state index in [-0.39, 0.29) is 0 Å². The van der Waals surface area contributed by atoms with Crippen molar-refractivity contribution in [3.63, 3.8) is 0 Å². The Kier molecular flexibility index (Phi) is 10.2. The molecule has 10 aromatic rings. The predicted molar refractivity (Wildman–Crippen MR) is 254 cm³/mol. The largest absolute Gasteiger partial charge is 0.456 e. The molecule has 61 heavy (non-hydrogen) atoms. The fourth-order valence-corrected chi connectivity index (χ4v) is 7.99. The standard InChI is InChI=1S/C57H41N3O/c1-39(41-18-8-3-9-19-41)59-57(58-38-40-16-6-2-7-17-40)53-37-49(43-22-12-5-13-23-43)36-52(60-53)50-26-15-27-55-56(50)51-35-48(32-33-54(51)61-55)45-30-28-44(29-31-45)47-25-14-24-46(34-47)42-20-10-4-11-21-42/h2-37H,38H2,1H3/b58-57-,59-39+. The number of rotatable bonds is 9. The molecule has 2 aromatic heterocycles. The quantitative estimate of drug-likeness (QED) is 0.108. The molecule has 0 spiro atoms. The zero-order chi connectivity index (χ0) is 41.0. The van der Waals surface area contributed by atoms with E-state index >= 15 is 0 Å². The second-order valence-electron chi connectivity index (χ2n) is 15.2. The number of fused-ring (bicyclic) bond motifs is 3. The van der Waals surface area contributed by atoms with Crippen LogP contribution in [-0.2, 0) is 6.54 Å². The number of nitrogens with zero attached hydrogens (tertiary/aromatic N) is 3. The molecule has 0 N–H and O–H groups in total. The van der Waals surface area contributed by atoms with Gasteiger partial charge >= 0.3 is 0 Å². The molecule has 0 saturated heterocycles. The van der Waals surface area contributed by atoms with Gasteiger partial charge in [0.05, 0.1) is 12.2 Å². The third kappa shape index (κ3) is 7.95. The van der Waals surface area contributed by atoms with E-state index in [1.165, 1.54) is 22.3 Å². The van der Waals surface area contributed by atoms with Crippen LogP contribution in [0.15, 0.2) is 233 Å². The summed E-state index contributed by atoms with van der Waals surface area (Å²) >= 11 is 0. The highest BCUT2D eigenvalue weighted by Gasteiger charge is 2.18. The van der Waals surface area contributed by atoms with Gasteiger partial charge < -0.3 is 4.42 Å². The zero-order valence-corrected chi connectivity index (χ0v) is 33.7. The second kappa shape index (κ2) is 16.7. The molecule has 0 unspecified atom stereocenters. The van der Waals surface area contributed by atoms with Crippen LogP contribution in [0.1, 0.15) is 23.7 Å². The summed E-state index contributed by atoms with van der Waals surface area (Å²) in [5.74, 6) is 0.575. The summed E-state index contributed by atoms with van der Waals surface area (Å²) in [6.45, 7) is 2.50. The summed E-state index contributed by atoms with van der Waals surface area (Å²) in [7, 11) is 0. The van der Waals surface area contributed by atoms with Gasteiger partial charge in [-0.15, -0.1) is 0 Å². The van der Waals surface area contributed by atoms with Gasteiger partial charge in [0.1, 0.15) is 16.9 Å². The van der Waals surface area contributed by atoms with Crippen molar-refractivity contribution < 1.29 is 4.42 Å². The van der Waals surface area contributed by atoms with E-state index in [2.05, 4.69) is 164 Å². The van der Waals surface area contributed by atoms with E-state index in [0.29, 0.717) is 18.1 Å². The Bertz CT molecular complexity index is 3190. The number of amidine groups is 1. The van der Waals surface area contributed by atoms with Crippen molar-refractivity contribution in [2.75, 3.05) is 0 Å². The molecule has 10 rings (SSSR count). The van der Waals surface area contributed by atoms with Crippen molar-refractivity contribution in [2.45, 2.75) is 13.5 Å². The molecular weight excluding hydrogens is 743 g/mol. The highest BCUT2D eigenvalue weighted by atomic mass is 16.3. The minimum atomic E-state index is 0.472. The molecular formula is C57H41N3O. The Morgan fingerprint density at radius 3 is 1.67 bits per heavy atom. The SMILES string of the molecule is C/C(=N\C(=N/Cc1ccccc1)c1cc(-c2ccccc2)cc(-c2cccc3oc4ccc(-c5ccc(-c6cccc(-c7ccccc7)c6)cc5)cc4c23)n1)c1ccccc1. The zero-order valence-electron chi connectivity index (χ0n) is 33.7. The number of hydrogen-bond acceptors (Lipinski definition) is 3. The van der Waals surface area contributed by atoms with Gasteiger partial charge in [-0.3, -0.25) is 4.99 Å². The Hall–Kier alpha value is -7.95. The Morgan fingerprint density at radius 1 is 0.459 bits per heavy atom. The van der Waals surface area contributed by atoms with Gasteiger partial charge in [-0.25, -0.2) is 9.98 Å². The summed E-state index contributed by atoms with van der Waals surface area (Å²) in [6.07, 6.45) is 0. The van der Waals surface area contributed by atoms with E-state index in [1.54, 1.807) is 0 Å². The molecule has 2 heterocycles. The van der Waals surface area contributed by atoms with E-state index < -0.39 is 0 Å². The Labute approximate surface area is 355 Å². The molecule has 4 nitrogen and oxygen atoms in total. The lowest BCUT2D eigenvalue weighted by atomic mass is 9.96. The molecule has 0 amide bonds. The molecule has 0 aliphatic heterocycles. The number of hydrogen-bond donors (Lipinski definition) is 0. The van der Waals surface area contributed by atoms with Crippen molar-refractivity contribution in [1.82, 2.24) is 4.98 Å². The van der Waals surface area contributed by atoms with Crippen LogP contribution in [0.5, 0.6) is 0 Å². The fourth-order valence-electron chi connectivity index (χ4n) is 7.99. The summed E-state index contributed by atoms with van der Waals surface area (Å²) in [5.41, 5.74) is 16.3. The van der Waals surface area contributed by atoms with Gasteiger partial charge in [0.25, 0.3) is 0 Å². The van der Waals surface area contributed by atoms with Crippen molar-refractivity contribution in [3.8, 4) is 55.8 Å². The summed E-state index contributed by atoms with van der Waals surface area (Å²) in [6, 6.07) is 76.0. The summed E-state index contributed by atoms with van der Waals surface area (Å²) < 4.78 is 6.54. The number of benzene rings is 8. The van der Waals surface area contributed by atoms with Crippen molar-refractivity contribution in [1.29, 1.82) is 0 Å². The number of pyridine rings is 1. The van der Waals surface area contributed by atoms with Crippen molar-refractivity contribution >= 4 is 33.5 Å². The Balaban J connectivity index is 1.08. The molecule has 0 bridgehead atoms. The monoisotopic (exact) mass is 783 g/mol. The lowest BCUT2D eigenvalue weighted by Crippen LogP contribution is -2.08. The lowest BCUT2D eigenvalue weighted by Gasteiger charge is -2.12. The van der Waals surface area contributed by atoms with Gasteiger partial charge in [-0.2, -0.15) is 0 Å². The molecule has 8 aromatic carbocycles. The van der Waals surface area contributed by atoms with Crippen LogP contribution in [0.2, 0.25) is 0 Å². The van der Waals surface area contributed by atoms with Gasteiger partial charge in [0.2, 0.25) is 0 Å². The van der Waals surface area contributed by atoms with E-state index in [0.717, 1.165) is 72.3 Å². The molecule has 0 aliphatic carbocycles. The smallest absolute Gasteiger partial charge is 0.174 e. The maximum atomic E-state index is 6.54. The summed E-state index contributed by atoms with van der Waals surface area (Å²) in [4.78, 5) is 15.7. The fraction of sp³-hybridized carbons (Fsp3) is 0.0351. The number of aliphatic imine (C=N–C) groups is 2. The molecule has 0 atom stereocenters. The van der Waals surface area contributed by atoms with Gasteiger partial charge in [0.15, 0.2) is 5.84 Å². The van der Waals surface area contributed by atoms with Gasteiger partial charge in [-0.1, -0.05) is 182 Å². The maximum absolute atomic E-state index is 6.54. The van der Waals surface area contributed by atoms with Gasteiger partial charge in [-0.05, 0) is 99.0 Å². The van der Waals surface area contributed by atoms with Crippen molar-refractivity contribution in [2.24, 2.45) is 9.98 Å². The minimum Gasteiger partial charge on any atom is -0.456 e. The Morgan fingerprint density at radius 2 is 1.00 bits per heavy atom. The first kappa shape index (κ1) is 37.3. The second-order valence-corrected chi connectivity index (χ2v) is 15.2. The summed E-state index contributed by atoms with van der Waals surface area (Å²) in [5, 5.41) is 2.05. The van der Waals surface area contributed by atoms with Crippen LogP contribution >= 0.6 is 0 Å². The maximum Gasteiger partial charge on any atom is 0.174 e. The van der Waals surface area contributed by atoms with Crippen LogP contribution in [0.4, 0.5) is 0 Å². The highest BCUT2D eigenvalue weighted by Crippen LogP contribution is 2.39. The lowest BCUT2D eigenvalue weighted by molar-refractivity contribution is 0.669. The molecule has 0 aliphatic rings. The average Bonchev–Trinajstić information content (AvgIpc) is 3.72. The van der Waals surface area contributed by atoms with Crippen LogP contribution in [-0.4, -0.2) is 16.5 Å². The van der Waals surface area contributed by atoms with Crippen LogP contribution < -0.4 is 0 Å². The number of aromatic nitrogens is 1. The average molecular weight is 784 g/mol. The van der Waals surface area contributed by atoms with Crippen LogP contribution in [0, 0.1) is 0 Å². The normalized spacial score (nSPS) is 12.0. The highest BCUT2D eigenvalue weighted by molar-refractivity contribution is 6.14. The van der Waals surface area contributed by atoms with E-state index in [4.69, 9.17) is 19.4 Å². The minimum absolute atomic E-state index is 0.472. The number of furan rings is 1. The molecule has 0 fully saturated rings. The van der Waals surface area contributed by atoms with Crippen LogP contribution in [0.3, 0.4) is 0 Å². The third-order valence-electron chi connectivity index (χ3n) is 11.2. The van der Waals surface area contributed by atoms with Gasteiger partial charge in [0, 0.05) is 22.0 Å². The topological polar surface area (TPSA) is 50.8 Å². The van der Waals surface area contributed by atoms with E-state index in [1.807, 2.05) is 61.5 Å². The first-order valence-electron chi connectivity index (χ1n) is 20.6. The molecule has 290 valence electrons. The van der Waals surface area contributed by atoms with Crippen LogP contribution in [0.25, 0.3) is 77.7 Å². The molecule has 0 radical (unpaired) electrons.